The molecule has 2 aromatic rings. The minimum Gasteiger partial charge on any atom is -0.496 e. The molecule has 0 spiro atoms. The van der Waals surface area contributed by atoms with Crippen LogP contribution in [0.3, 0.4) is 0 Å². The van der Waals surface area contributed by atoms with Gasteiger partial charge in [0.2, 0.25) is 12.5 Å². The Bertz CT molecular complexity index is 895. The van der Waals surface area contributed by atoms with Gasteiger partial charge in [-0.25, -0.2) is 0 Å². The van der Waals surface area contributed by atoms with E-state index in [4.69, 9.17) is 18.9 Å². The Balaban J connectivity index is 1.66. The molecule has 1 N–H and O–H groups in total. The molecular formula is C23H30NO5+. The van der Waals surface area contributed by atoms with Gasteiger partial charge in [-0.15, -0.1) is 0 Å². The number of para-hydroxylation sites is 1. The van der Waals surface area contributed by atoms with Crippen molar-refractivity contribution < 1.29 is 28.5 Å². The fourth-order valence-corrected chi connectivity index (χ4v) is 4.64. The van der Waals surface area contributed by atoms with Gasteiger partial charge in [-0.3, -0.25) is 0 Å². The molecule has 0 saturated heterocycles. The van der Waals surface area contributed by atoms with E-state index < -0.39 is 6.10 Å². The van der Waals surface area contributed by atoms with Crippen LogP contribution in [0.5, 0.6) is 23.0 Å². The normalized spacial score (nSPS) is 20.1. The molecule has 2 aliphatic rings. The Morgan fingerprint density at radius 3 is 2.72 bits per heavy atom. The summed E-state index contributed by atoms with van der Waals surface area (Å²) in [6, 6.07) is 10.0. The Hall–Kier alpha value is -2.44. The summed E-state index contributed by atoms with van der Waals surface area (Å²) in [7, 11) is 7.77. The molecule has 0 fully saturated rings. The summed E-state index contributed by atoms with van der Waals surface area (Å²) in [6.45, 7) is 1.20. The quantitative estimate of drug-likeness (QED) is 0.755. The van der Waals surface area contributed by atoms with E-state index >= 15 is 0 Å². The number of nitrogens with zero attached hydrogens (tertiary/aromatic N) is 1. The Morgan fingerprint density at radius 1 is 1.17 bits per heavy atom. The maximum Gasteiger partial charge on any atom is 0.231 e. The van der Waals surface area contributed by atoms with Crippen LogP contribution in [0.1, 0.15) is 29.2 Å². The van der Waals surface area contributed by atoms with Crippen molar-refractivity contribution in [3.05, 3.63) is 47.0 Å². The molecule has 156 valence electrons. The number of aliphatic hydroxyl groups excluding tert-OH is 1. The summed E-state index contributed by atoms with van der Waals surface area (Å²) in [5, 5.41) is 11.0. The van der Waals surface area contributed by atoms with Crippen LogP contribution in [-0.4, -0.2) is 57.3 Å². The Labute approximate surface area is 172 Å². The zero-order valence-electron chi connectivity index (χ0n) is 17.6. The molecule has 0 radical (unpaired) electrons. The van der Waals surface area contributed by atoms with Gasteiger partial charge in [0.15, 0.2) is 11.5 Å². The molecule has 2 aromatic carbocycles. The van der Waals surface area contributed by atoms with Crippen LogP contribution in [-0.2, 0) is 12.8 Å². The first kappa shape index (κ1) is 19.9. The van der Waals surface area contributed by atoms with Crippen molar-refractivity contribution >= 4 is 0 Å². The molecule has 0 unspecified atom stereocenters. The standard InChI is InChI=1S/C23H30NO5/c1-24(2)10-9-16-12-20-22(29-14-28-20)23(27-4)21(16)18(24)13-17(25)11-15-7-5-6-8-19(15)26-3/h5-8,12,17-18,25H,9-11,13-14H2,1-4H3/q+1/t17-,18+/m1/s1. The number of fused-ring (bicyclic) bond motifs is 2. The molecular weight excluding hydrogens is 370 g/mol. The van der Waals surface area contributed by atoms with E-state index in [0.717, 1.165) is 45.8 Å². The maximum absolute atomic E-state index is 11.0. The molecule has 2 heterocycles. The third-order valence-corrected chi connectivity index (χ3v) is 6.23. The van der Waals surface area contributed by atoms with Gasteiger partial charge in [-0.05, 0) is 23.3 Å². The molecule has 2 atom stereocenters. The molecule has 0 aromatic heterocycles. The minimum absolute atomic E-state index is 0.0907. The second kappa shape index (κ2) is 7.76. The fraction of sp³-hybridized carbons (Fsp3) is 0.478. The molecule has 0 bridgehead atoms. The summed E-state index contributed by atoms with van der Waals surface area (Å²) in [4.78, 5) is 0. The van der Waals surface area contributed by atoms with E-state index in [2.05, 4.69) is 20.2 Å². The predicted octanol–water partition coefficient (Wildman–Crippen LogP) is 3.10. The highest BCUT2D eigenvalue weighted by Gasteiger charge is 2.42. The van der Waals surface area contributed by atoms with Crippen molar-refractivity contribution in [1.82, 2.24) is 0 Å². The Morgan fingerprint density at radius 2 is 1.97 bits per heavy atom. The zero-order valence-corrected chi connectivity index (χ0v) is 17.6. The lowest BCUT2D eigenvalue weighted by Crippen LogP contribution is -2.49. The lowest BCUT2D eigenvalue weighted by atomic mass is 9.85. The monoisotopic (exact) mass is 400 g/mol. The summed E-state index contributed by atoms with van der Waals surface area (Å²) in [6.07, 6.45) is 1.60. The number of methoxy groups -OCH3 is 2. The highest BCUT2D eigenvalue weighted by Crippen LogP contribution is 2.51. The largest absolute Gasteiger partial charge is 0.496 e. The van der Waals surface area contributed by atoms with Crippen LogP contribution >= 0.6 is 0 Å². The topological polar surface area (TPSA) is 57.2 Å². The van der Waals surface area contributed by atoms with Gasteiger partial charge < -0.3 is 28.5 Å². The van der Waals surface area contributed by atoms with Crippen molar-refractivity contribution in [3.63, 3.8) is 0 Å². The number of rotatable bonds is 6. The van der Waals surface area contributed by atoms with Crippen molar-refractivity contribution in [2.45, 2.75) is 31.4 Å². The van der Waals surface area contributed by atoms with Gasteiger partial charge in [0.05, 0.1) is 46.5 Å². The van der Waals surface area contributed by atoms with E-state index in [-0.39, 0.29) is 12.8 Å². The van der Waals surface area contributed by atoms with Gasteiger partial charge in [-0.1, -0.05) is 18.2 Å². The van der Waals surface area contributed by atoms with Crippen LogP contribution in [0.15, 0.2) is 30.3 Å². The van der Waals surface area contributed by atoms with Crippen molar-refractivity contribution in [2.24, 2.45) is 0 Å². The SMILES string of the molecule is COc1ccccc1C[C@@H](O)C[C@H]1c2c(cc3c(c2OC)OCO3)CC[N+]1(C)C. The lowest BCUT2D eigenvalue weighted by Gasteiger charge is -2.44. The first-order valence-corrected chi connectivity index (χ1v) is 10.1. The zero-order chi connectivity index (χ0) is 20.6. The third-order valence-electron chi connectivity index (χ3n) is 6.23. The number of benzene rings is 2. The van der Waals surface area contributed by atoms with Crippen LogP contribution in [0.2, 0.25) is 0 Å². The number of quaternary nitrogens is 1. The summed E-state index contributed by atoms with van der Waals surface area (Å²) in [5.41, 5.74) is 3.37. The van der Waals surface area contributed by atoms with Gasteiger partial charge >= 0.3 is 0 Å². The molecule has 0 amide bonds. The maximum atomic E-state index is 11.0. The van der Waals surface area contributed by atoms with E-state index in [1.165, 1.54) is 5.56 Å². The predicted molar refractivity (Wildman–Crippen MR) is 110 cm³/mol. The second-order valence-corrected chi connectivity index (χ2v) is 8.39. The number of likely N-dealkylation sites (N-methyl/N-ethyl adjacent to an activating group) is 1. The van der Waals surface area contributed by atoms with Crippen LogP contribution < -0.4 is 18.9 Å². The first-order valence-electron chi connectivity index (χ1n) is 10.1. The average molecular weight is 400 g/mol. The number of hydrogen-bond acceptors (Lipinski definition) is 5. The smallest absolute Gasteiger partial charge is 0.231 e. The van der Waals surface area contributed by atoms with Crippen molar-refractivity contribution in [3.8, 4) is 23.0 Å². The summed E-state index contributed by atoms with van der Waals surface area (Å²) in [5.74, 6) is 2.99. The molecule has 4 rings (SSSR count). The third kappa shape index (κ3) is 3.63. The van der Waals surface area contributed by atoms with Gasteiger partial charge in [-0.2, -0.15) is 0 Å². The van der Waals surface area contributed by atoms with Crippen LogP contribution in [0.4, 0.5) is 0 Å². The molecule has 29 heavy (non-hydrogen) atoms. The highest BCUT2D eigenvalue weighted by molar-refractivity contribution is 5.61. The second-order valence-electron chi connectivity index (χ2n) is 8.39. The van der Waals surface area contributed by atoms with Crippen LogP contribution in [0.25, 0.3) is 0 Å². The van der Waals surface area contributed by atoms with Crippen LogP contribution in [0, 0.1) is 0 Å². The average Bonchev–Trinajstić information content (AvgIpc) is 3.17. The van der Waals surface area contributed by atoms with E-state index in [1.54, 1.807) is 14.2 Å². The van der Waals surface area contributed by atoms with E-state index in [9.17, 15) is 5.11 Å². The van der Waals surface area contributed by atoms with E-state index in [0.29, 0.717) is 18.6 Å². The van der Waals surface area contributed by atoms with Crippen molar-refractivity contribution in [2.75, 3.05) is 41.7 Å². The fourth-order valence-electron chi connectivity index (χ4n) is 4.64. The summed E-state index contributed by atoms with van der Waals surface area (Å²) >= 11 is 0. The highest BCUT2D eigenvalue weighted by atomic mass is 16.7. The number of aliphatic hydroxyl groups is 1. The molecule has 0 aliphatic carbocycles. The van der Waals surface area contributed by atoms with Crippen molar-refractivity contribution in [1.29, 1.82) is 0 Å². The van der Waals surface area contributed by atoms with Gasteiger partial charge in [0, 0.05) is 19.3 Å². The van der Waals surface area contributed by atoms with Gasteiger partial charge in [0.25, 0.3) is 0 Å². The summed E-state index contributed by atoms with van der Waals surface area (Å²) < 4.78 is 23.3. The number of ether oxygens (including phenoxy) is 4. The van der Waals surface area contributed by atoms with Gasteiger partial charge in [0.1, 0.15) is 11.8 Å². The Kier molecular flexibility index (Phi) is 5.32. The minimum atomic E-state index is -0.505. The molecule has 6 heteroatoms. The lowest BCUT2D eigenvalue weighted by molar-refractivity contribution is -0.924. The van der Waals surface area contributed by atoms with E-state index in [1.807, 2.05) is 24.3 Å². The first-order chi connectivity index (χ1) is 13.9. The molecule has 6 nitrogen and oxygen atoms in total. The molecule has 2 aliphatic heterocycles. The number of hydrogen-bond donors (Lipinski definition) is 1. The molecule has 0 saturated carbocycles.